The lowest BCUT2D eigenvalue weighted by atomic mass is 9.97. The topological polar surface area (TPSA) is 38.7 Å². The number of benzene rings is 1. The van der Waals surface area contributed by atoms with Gasteiger partial charge in [0.05, 0.1) is 4.47 Å². The van der Waals surface area contributed by atoms with Gasteiger partial charge in [-0.2, -0.15) is 0 Å². The van der Waals surface area contributed by atoms with Gasteiger partial charge in [0.1, 0.15) is 19.3 Å². The van der Waals surface area contributed by atoms with Crippen molar-refractivity contribution in [3.8, 4) is 11.5 Å². The highest BCUT2D eigenvalue weighted by molar-refractivity contribution is 9.10. The summed E-state index contributed by atoms with van der Waals surface area (Å²) in [5.74, 6) is 1.45. The molecule has 1 atom stereocenters. The van der Waals surface area contributed by atoms with Crippen LogP contribution in [0.4, 0.5) is 0 Å². The molecule has 0 bridgehead atoms. The number of ether oxygens (including phenoxy) is 2. The van der Waals surface area contributed by atoms with Crippen molar-refractivity contribution in [3.05, 3.63) is 33.8 Å². The van der Waals surface area contributed by atoms with E-state index < -0.39 is 6.10 Å². The monoisotopic (exact) mass is 338 g/mol. The van der Waals surface area contributed by atoms with E-state index in [9.17, 15) is 5.11 Å². The van der Waals surface area contributed by atoms with E-state index in [0.717, 1.165) is 40.6 Å². The Morgan fingerprint density at radius 1 is 1.10 bits per heavy atom. The fraction of sp³-hybridized carbons (Fsp3) is 0.500. The molecule has 0 aromatic heterocycles. The standard InChI is InChI=1S/C16H19BrO3/c17-13-9-12(10-14-16(13)20-8-7-19-14)15(18)11-5-3-1-2-4-6-11/h5,9-10,15,18H,1-4,6-8H2. The van der Waals surface area contributed by atoms with Gasteiger partial charge in [-0.05, 0) is 64.9 Å². The number of rotatable bonds is 2. The van der Waals surface area contributed by atoms with Crippen molar-refractivity contribution in [2.75, 3.05) is 13.2 Å². The first-order valence-corrected chi connectivity index (χ1v) is 8.01. The third-order valence-corrected chi connectivity index (χ3v) is 4.45. The van der Waals surface area contributed by atoms with Crippen LogP contribution in [0.15, 0.2) is 28.3 Å². The Morgan fingerprint density at radius 2 is 1.95 bits per heavy atom. The Labute approximate surface area is 127 Å². The summed E-state index contributed by atoms with van der Waals surface area (Å²) in [7, 11) is 0. The fourth-order valence-electron chi connectivity index (χ4n) is 2.79. The average Bonchev–Trinajstić information content (AvgIpc) is 2.75. The van der Waals surface area contributed by atoms with Gasteiger partial charge in [-0.25, -0.2) is 0 Å². The molecule has 108 valence electrons. The van der Waals surface area contributed by atoms with Crippen molar-refractivity contribution in [2.45, 2.75) is 38.2 Å². The zero-order chi connectivity index (χ0) is 13.9. The van der Waals surface area contributed by atoms with Gasteiger partial charge in [0, 0.05) is 0 Å². The smallest absolute Gasteiger partial charge is 0.175 e. The molecule has 20 heavy (non-hydrogen) atoms. The number of aliphatic hydroxyl groups excluding tert-OH is 1. The molecule has 4 heteroatoms. The molecule has 1 aliphatic heterocycles. The molecule has 0 fully saturated rings. The Bertz CT molecular complexity index is 525. The molecule has 3 rings (SSSR count). The highest BCUT2D eigenvalue weighted by Crippen LogP contribution is 2.41. The van der Waals surface area contributed by atoms with Gasteiger partial charge in [-0.15, -0.1) is 0 Å². The van der Waals surface area contributed by atoms with Crippen LogP contribution in [-0.4, -0.2) is 18.3 Å². The highest BCUT2D eigenvalue weighted by Gasteiger charge is 2.21. The lowest BCUT2D eigenvalue weighted by Crippen LogP contribution is -2.16. The van der Waals surface area contributed by atoms with E-state index in [1.54, 1.807) is 0 Å². The predicted octanol–water partition coefficient (Wildman–Crippen LogP) is 4.14. The van der Waals surface area contributed by atoms with Crippen molar-refractivity contribution >= 4 is 15.9 Å². The maximum Gasteiger partial charge on any atom is 0.175 e. The molecule has 1 aromatic rings. The largest absolute Gasteiger partial charge is 0.486 e. The summed E-state index contributed by atoms with van der Waals surface area (Å²) in [5.41, 5.74) is 2.00. The molecule has 0 spiro atoms. The molecule has 2 aliphatic rings. The quantitative estimate of drug-likeness (QED) is 0.823. The molecule has 1 heterocycles. The van der Waals surface area contributed by atoms with Crippen LogP contribution >= 0.6 is 15.9 Å². The SMILES string of the molecule is OC(C1=CCCCCC1)c1cc(Br)c2c(c1)OCCO2. The van der Waals surface area contributed by atoms with E-state index in [1.807, 2.05) is 12.1 Å². The molecule has 1 aliphatic carbocycles. The van der Waals surface area contributed by atoms with E-state index >= 15 is 0 Å². The summed E-state index contributed by atoms with van der Waals surface area (Å²) in [4.78, 5) is 0. The zero-order valence-corrected chi connectivity index (χ0v) is 13.0. The van der Waals surface area contributed by atoms with E-state index in [0.29, 0.717) is 19.0 Å². The molecular formula is C16H19BrO3. The van der Waals surface area contributed by atoms with Crippen LogP contribution < -0.4 is 9.47 Å². The van der Waals surface area contributed by atoms with Gasteiger partial charge < -0.3 is 14.6 Å². The second-order valence-corrected chi connectivity index (χ2v) is 6.16. The number of hydrogen-bond donors (Lipinski definition) is 1. The highest BCUT2D eigenvalue weighted by atomic mass is 79.9. The summed E-state index contributed by atoms with van der Waals surface area (Å²) in [6, 6.07) is 3.83. The molecule has 0 amide bonds. The van der Waals surface area contributed by atoms with Crippen LogP contribution in [0, 0.1) is 0 Å². The summed E-state index contributed by atoms with van der Waals surface area (Å²) < 4.78 is 12.1. The zero-order valence-electron chi connectivity index (χ0n) is 11.4. The van der Waals surface area contributed by atoms with Gasteiger partial charge in [0.15, 0.2) is 11.5 Å². The van der Waals surface area contributed by atoms with Gasteiger partial charge in [-0.3, -0.25) is 0 Å². The van der Waals surface area contributed by atoms with Crippen LogP contribution in [0.25, 0.3) is 0 Å². The molecule has 0 radical (unpaired) electrons. The first-order chi connectivity index (χ1) is 9.75. The second-order valence-electron chi connectivity index (χ2n) is 5.31. The van der Waals surface area contributed by atoms with E-state index in [1.165, 1.54) is 12.8 Å². The summed E-state index contributed by atoms with van der Waals surface area (Å²) in [6.45, 7) is 1.13. The molecule has 1 aromatic carbocycles. The number of aliphatic hydroxyl groups is 1. The summed E-state index contributed by atoms with van der Waals surface area (Å²) in [6.07, 6.45) is 7.33. The molecule has 0 saturated heterocycles. The number of halogens is 1. The third kappa shape index (κ3) is 2.86. The fourth-order valence-corrected chi connectivity index (χ4v) is 3.37. The Hall–Kier alpha value is -1.00. The van der Waals surface area contributed by atoms with Crippen molar-refractivity contribution in [1.82, 2.24) is 0 Å². The van der Waals surface area contributed by atoms with Crippen LogP contribution in [0.2, 0.25) is 0 Å². The van der Waals surface area contributed by atoms with E-state index in [2.05, 4.69) is 22.0 Å². The minimum Gasteiger partial charge on any atom is -0.486 e. The number of hydrogen-bond acceptors (Lipinski definition) is 3. The number of fused-ring (bicyclic) bond motifs is 1. The maximum atomic E-state index is 10.6. The minimum absolute atomic E-state index is 0.541. The van der Waals surface area contributed by atoms with Gasteiger partial charge in [0.25, 0.3) is 0 Å². The summed E-state index contributed by atoms with van der Waals surface area (Å²) in [5, 5.41) is 10.6. The Morgan fingerprint density at radius 3 is 2.85 bits per heavy atom. The van der Waals surface area contributed by atoms with Crippen LogP contribution in [0.1, 0.15) is 43.8 Å². The van der Waals surface area contributed by atoms with Crippen LogP contribution in [0.3, 0.4) is 0 Å². The summed E-state index contributed by atoms with van der Waals surface area (Å²) >= 11 is 3.51. The van der Waals surface area contributed by atoms with E-state index in [-0.39, 0.29) is 0 Å². The lowest BCUT2D eigenvalue weighted by Gasteiger charge is -2.22. The Kier molecular flexibility index (Phi) is 4.32. The molecule has 1 unspecified atom stereocenters. The van der Waals surface area contributed by atoms with Gasteiger partial charge in [0.2, 0.25) is 0 Å². The van der Waals surface area contributed by atoms with Gasteiger partial charge in [-0.1, -0.05) is 12.5 Å². The number of allylic oxidation sites excluding steroid dienone is 1. The van der Waals surface area contributed by atoms with Gasteiger partial charge >= 0.3 is 0 Å². The minimum atomic E-state index is -0.541. The predicted molar refractivity (Wildman–Crippen MR) is 81.3 cm³/mol. The van der Waals surface area contributed by atoms with Crippen LogP contribution in [0.5, 0.6) is 11.5 Å². The Balaban J connectivity index is 1.89. The second kappa shape index (κ2) is 6.19. The molecule has 1 N–H and O–H groups in total. The first kappa shape index (κ1) is 14.0. The lowest BCUT2D eigenvalue weighted by molar-refractivity contribution is 0.168. The van der Waals surface area contributed by atoms with Crippen molar-refractivity contribution < 1.29 is 14.6 Å². The molecular weight excluding hydrogens is 320 g/mol. The van der Waals surface area contributed by atoms with Crippen molar-refractivity contribution in [1.29, 1.82) is 0 Å². The maximum absolute atomic E-state index is 10.6. The molecule has 3 nitrogen and oxygen atoms in total. The first-order valence-electron chi connectivity index (χ1n) is 7.22. The molecule has 0 saturated carbocycles. The van der Waals surface area contributed by atoms with Crippen molar-refractivity contribution in [2.24, 2.45) is 0 Å². The third-order valence-electron chi connectivity index (χ3n) is 3.86. The normalized spacial score (nSPS) is 20.0. The average molecular weight is 339 g/mol. The van der Waals surface area contributed by atoms with Crippen LogP contribution in [-0.2, 0) is 0 Å². The van der Waals surface area contributed by atoms with E-state index in [4.69, 9.17) is 9.47 Å². The van der Waals surface area contributed by atoms with Crippen molar-refractivity contribution in [3.63, 3.8) is 0 Å².